The minimum absolute atomic E-state index is 0.199. The van der Waals surface area contributed by atoms with Gasteiger partial charge in [-0.05, 0) is 56.4 Å². The van der Waals surface area contributed by atoms with E-state index >= 15 is 0 Å². The largest absolute Gasteiger partial charge is 0.306 e. The second-order valence-corrected chi connectivity index (χ2v) is 8.61. The Bertz CT molecular complexity index is 884. The molecule has 2 heterocycles. The molecule has 2 aliphatic rings. The molecule has 1 atom stereocenters. The van der Waals surface area contributed by atoms with Crippen LogP contribution in [-0.2, 0) is 29.5 Å². The van der Waals surface area contributed by atoms with Crippen LogP contribution in [-0.4, -0.2) is 16.4 Å². The summed E-state index contributed by atoms with van der Waals surface area (Å²) in [7, 11) is 0. The Hall–Kier alpha value is -1.87. The molecule has 25 heavy (non-hydrogen) atoms. The maximum Gasteiger partial charge on any atom is 0.238 e. The van der Waals surface area contributed by atoms with Crippen molar-refractivity contribution in [2.75, 3.05) is 4.90 Å². The predicted molar refractivity (Wildman–Crippen MR) is 101 cm³/mol. The maximum atomic E-state index is 13.7. The van der Waals surface area contributed by atoms with Gasteiger partial charge in [0, 0.05) is 23.9 Å². The van der Waals surface area contributed by atoms with E-state index in [1.165, 1.54) is 5.56 Å². The van der Waals surface area contributed by atoms with E-state index in [0.29, 0.717) is 17.9 Å². The summed E-state index contributed by atoms with van der Waals surface area (Å²) in [6.45, 7) is 8.47. The van der Waals surface area contributed by atoms with Crippen LogP contribution in [0.25, 0.3) is 0 Å². The van der Waals surface area contributed by atoms with Gasteiger partial charge < -0.3 is 4.90 Å². The van der Waals surface area contributed by atoms with Crippen LogP contribution in [0.1, 0.15) is 50.1 Å². The third kappa shape index (κ3) is 2.25. The Labute approximate surface area is 154 Å². The normalized spacial score (nSPS) is 21.8. The number of benzene rings is 1. The summed E-state index contributed by atoms with van der Waals surface area (Å²) in [4.78, 5) is 20.3. The fraction of sp³-hybridized carbons (Fsp3) is 0.429. The zero-order valence-electron chi connectivity index (χ0n) is 15.2. The summed E-state index contributed by atoms with van der Waals surface area (Å²) in [5.41, 5.74) is 4.81. The molecule has 0 saturated heterocycles. The predicted octanol–water partition coefficient (Wildman–Crippen LogP) is 4.48. The Kier molecular flexibility index (Phi) is 3.52. The minimum atomic E-state index is -0.534. The molecule has 0 radical (unpaired) electrons. The van der Waals surface area contributed by atoms with Crippen LogP contribution in [0.2, 0.25) is 5.02 Å². The Morgan fingerprint density at radius 2 is 2.04 bits per heavy atom. The molecule has 1 unspecified atom stereocenters. The molecule has 0 fully saturated rings. The van der Waals surface area contributed by atoms with Gasteiger partial charge in [0.15, 0.2) is 0 Å². The Balaban J connectivity index is 1.94. The summed E-state index contributed by atoms with van der Waals surface area (Å²) < 4.78 is 0. The fourth-order valence-corrected chi connectivity index (χ4v) is 4.62. The van der Waals surface area contributed by atoms with Crippen LogP contribution in [0.4, 0.5) is 5.69 Å². The summed E-state index contributed by atoms with van der Waals surface area (Å²) in [5, 5.41) is 0.636. The molecule has 2 aromatic rings. The van der Waals surface area contributed by atoms with Crippen LogP contribution in [0.15, 0.2) is 30.5 Å². The van der Waals surface area contributed by atoms with E-state index in [1.807, 2.05) is 11.0 Å². The first-order valence-electron chi connectivity index (χ1n) is 8.88. The highest BCUT2D eigenvalue weighted by molar-refractivity contribution is 6.30. The molecule has 1 aromatic heterocycles. The molecule has 1 spiro atoms. The lowest BCUT2D eigenvalue weighted by Crippen LogP contribution is -2.49. The number of fused-ring (bicyclic) bond motifs is 3. The van der Waals surface area contributed by atoms with Crippen molar-refractivity contribution in [3.05, 3.63) is 57.9 Å². The summed E-state index contributed by atoms with van der Waals surface area (Å²) in [6, 6.07) is 8.32. The molecule has 4 heteroatoms. The number of carbonyl (C=O) groups excluding carboxylic acids is 1. The van der Waals surface area contributed by atoms with Crippen LogP contribution >= 0.6 is 11.6 Å². The molecule has 3 nitrogen and oxygen atoms in total. The van der Waals surface area contributed by atoms with E-state index in [9.17, 15) is 4.79 Å². The van der Waals surface area contributed by atoms with Crippen molar-refractivity contribution in [1.82, 2.24) is 4.98 Å². The molecular weight excluding hydrogens is 332 g/mol. The van der Waals surface area contributed by atoms with Crippen molar-refractivity contribution in [2.24, 2.45) is 0 Å². The number of pyridine rings is 1. The van der Waals surface area contributed by atoms with E-state index in [1.54, 1.807) is 6.20 Å². The molecule has 0 N–H and O–H groups in total. The standard InChI is InChI=1S/C21H23ClN2O/c1-5-13-7-6-8-16-18(13)24(20(2,3)4)19(25)21(16)10-14-9-15(22)12-23-17(14)11-21/h6-9,12H,5,10-11H2,1-4H3. The van der Waals surface area contributed by atoms with Gasteiger partial charge in [-0.3, -0.25) is 9.78 Å². The Morgan fingerprint density at radius 1 is 1.28 bits per heavy atom. The lowest BCUT2D eigenvalue weighted by molar-refractivity contribution is -0.123. The number of amides is 1. The van der Waals surface area contributed by atoms with E-state index in [2.05, 4.69) is 50.9 Å². The molecule has 0 bridgehead atoms. The Morgan fingerprint density at radius 3 is 2.72 bits per heavy atom. The topological polar surface area (TPSA) is 33.2 Å². The molecule has 1 aliphatic heterocycles. The van der Waals surface area contributed by atoms with E-state index in [4.69, 9.17) is 11.6 Å². The lowest BCUT2D eigenvalue weighted by atomic mass is 9.78. The first kappa shape index (κ1) is 16.6. The van der Waals surface area contributed by atoms with Gasteiger partial charge in [-0.2, -0.15) is 0 Å². The maximum absolute atomic E-state index is 13.7. The molecule has 1 aromatic carbocycles. The van der Waals surface area contributed by atoms with Gasteiger partial charge in [0.05, 0.1) is 16.1 Å². The second-order valence-electron chi connectivity index (χ2n) is 8.17. The van der Waals surface area contributed by atoms with Gasteiger partial charge in [0.1, 0.15) is 0 Å². The number of nitrogens with zero attached hydrogens (tertiary/aromatic N) is 2. The van der Waals surface area contributed by atoms with E-state index in [-0.39, 0.29) is 11.4 Å². The first-order chi connectivity index (χ1) is 11.8. The molecule has 130 valence electrons. The van der Waals surface area contributed by atoms with Crippen molar-refractivity contribution in [3.8, 4) is 0 Å². The van der Waals surface area contributed by atoms with Gasteiger partial charge in [-0.25, -0.2) is 0 Å². The van der Waals surface area contributed by atoms with Crippen molar-refractivity contribution < 1.29 is 4.79 Å². The smallest absolute Gasteiger partial charge is 0.238 e. The molecule has 1 aliphatic carbocycles. The molecule has 4 rings (SSSR count). The number of aromatic nitrogens is 1. The van der Waals surface area contributed by atoms with Crippen molar-refractivity contribution in [1.29, 1.82) is 0 Å². The highest BCUT2D eigenvalue weighted by atomic mass is 35.5. The highest BCUT2D eigenvalue weighted by Crippen LogP contribution is 2.52. The van der Waals surface area contributed by atoms with Crippen molar-refractivity contribution in [2.45, 2.75) is 57.9 Å². The number of halogens is 1. The minimum Gasteiger partial charge on any atom is -0.306 e. The third-order valence-corrected chi connectivity index (χ3v) is 5.72. The number of hydrogen-bond donors (Lipinski definition) is 0. The van der Waals surface area contributed by atoms with Gasteiger partial charge in [-0.15, -0.1) is 0 Å². The van der Waals surface area contributed by atoms with Crippen molar-refractivity contribution >= 4 is 23.2 Å². The number of carbonyl (C=O) groups is 1. The SMILES string of the molecule is CCc1cccc2c1N(C(C)(C)C)C(=O)C21Cc2cc(Cl)cnc2C1. The number of para-hydroxylation sites is 1. The van der Waals surface area contributed by atoms with Gasteiger partial charge in [0.2, 0.25) is 5.91 Å². The number of anilines is 1. The van der Waals surface area contributed by atoms with Gasteiger partial charge in [0.25, 0.3) is 0 Å². The summed E-state index contributed by atoms with van der Waals surface area (Å²) >= 11 is 6.15. The first-order valence-corrected chi connectivity index (χ1v) is 9.26. The molecule has 1 amide bonds. The average Bonchev–Trinajstić information content (AvgIpc) is 3.03. The molecule has 0 saturated carbocycles. The third-order valence-electron chi connectivity index (χ3n) is 5.51. The second kappa shape index (κ2) is 5.31. The average molecular weight is 355 g/mol. The van der Waals surface area contributed by atoms with Crippen LogP contribution in [0.5, 0.6) is 0 Å². The summed E-state index contributed by atoms with van der Waals surface area (Å²) in [6.07, 6.45) is 3.94. The molecular formula is C21H23ClN2O. The van der Waals surface area contributed by atoms with Crippen LogP contribution in [0, 0.1) is 0 Å². The summed E-state index contributed by atoms with van der Waals surface area (Å²) in [5.74, 6) is 0.199. The zero-order chi connectivity index (χ0) is 18.0. The van der Waals surface area contributed by atoms with Crippen LogP contribution < -0.4 is 4.90 Å². The van der Waals surface area contributed by atoms with E-state index in [0.717, 1.165) is 28.9 Å². The van der Waals surface area contributed by atoms with Gasteiger partial charge >= 0.3 is 0 Å². The zero-order valence-corrected chi connectivity index (χ0v) is 15.9. The monoisotopic (exact) mass is 354 g/mol. The highest BCUT2D eigenvalue weighted by Gasteiger charge is 2.56. The number of hydrogen-bond acceptors (Lipinski definition) is 2. The van der Waals surface area contributed by atoms with Gasteiger partial charge in [-0.1, -0.05) is 36.7 Å². The number of aryl methyl sites for hydroxylation is 1. The van der Waals surface area contributed by atoms with E-state index < -0.39 is 5.41 Å². The fourth-order valence-electron chi connectivity index (χ4n) is 4.43. The van der Waals surface area contributed by atoms with Crippen molar-refractivity contribution in [3.63, 3.8) is 0 Å². The van der Waals surface area contributed by atoms with Crippen LogP contribution in [0.3, 0.4) is 0 Å². The number of rotatable bonds is 1. The quantitative estimate of drug-likeness (QED) is 0.756. The lowest BCUT2D eigenvalue weighted by Gasteiger charge is -2.35.